The molecule has 0 spiro atoms. The van der Waals surface area contributed by atoms with E-state index in [2.05, 4.69) is 0 Å². The molecule has 0 aliphatic carbocycles. The molecule has 110 valence electrons. The maximum atomic E-state index is 11.5. The molecule has 0 bridgehead atoms. The molecule has 0 N–H and O–H groups in total. The average molecular weight is 285 g/mol. The van der Waals surface area contributed by atoms with Crippen LogP contribution in [0, 0.1) is 0 Å². The van der Waals surface area contributed by atoms with Gasteiger partial charge in [-0.15, -0.1) is 0 Å². The Balaban J connectivity index is 2.29. The summed E-state index contributed by atoms with van der Waals surface area (Å²) >= 11 is 0. The molecule has 0 saturated carbocycles. The second-order valence-electron chi connectivity index (χ2n) is 4.94. The van der Waals surface area contributed by atoms with Crippen molar-refractivity contribution in [2.24, 2.45) is 0 Å². The normalized spacial score (nSPS) is 10.4. The molecule has 0 aliphatic rings. The standard InChI is InChI=1S/C17H19NO3/c1-12(19)18(13(2)20)10-9-15-6-4-5-14-7-8-16(21-3)11-17(14)15/h4-8,11H,9-10H2,1-3H3. The number of methoxy groups -OCH3 is 1. The van der Waals surface area contributed by atoms with E-state index in [0.717, 1.165) is 22.1 Å². The van der Waals surface area contributed by atoms with Crippen LogP contribution in [0.3, 0.4) is 0 Å². The molecule has 0 heterocycles. The SMILES string of the molecule is COc1ccc2cccc(CCN(C(C)=O)C(C)=O)c2c1. The predicted molar refractivity (Wildman–Crippen MR) is 82.3 cm³/mol. The van der Waals surface area contributed by atoms with E-state index in [-0.39, 0.29) is 11.8 Å². The topological polar surface area (TPSA) is 46.6 Å². The first-order valence-corrected chi connectivity index (χ1v) is 6.87. The lowest BCUT2D eigenvalue weighted by molar-refractivity contribution is -0.141. The number of fused-ring (bicyclic) bond motifs is 1. The highest BCUT2D eigenvalue weighted by Gasteiger charge is 2.13. The number of hydrogen-bond acceptors (Lipinski definition) is 3. The van der Waals surface area contributed by atoms with Crippen molar-refractivity contribution in [3.63, 3.8) is 0 Å². The van der Waals surface area contributed by atoms with E-state index >= 15 is 0 Å². The minimum Gasteiger partial charge on any atom is -0.497 e. The van der Waals surface area contributed by atoms with Crippen LogP contribution >= 0.6 is 0 Å². The number of nitrogens with zero attached hydrogens (tertiary/aromatic N) is 1. The lowest BCUT2D eigenvalue weighted by Gasteiger charge is -2.17. The van der Waals surface area contributed by atoms with Crippen LogP contribution in [0.5, 0.6) is 5.75 Å². The smallest absolute Gasteiger partial charge is 0.226 e. The van der Waals surface area contributed by atoms with Gasteiger partial charge in [-0.25, -0.2) is 0 Å². The zero-order valence-electron chi connectivity index (χ0n) is 12.6. The largest absolute Gasteiger partial charge is 0.497 e. The number of carbonyl (C=O) groups is 2. The van der Waals surface area contributed by atoms with Crippen LogP contribution in [-0.2, 0) is 16.0 Å². The molecule has 2 aromatic rings. The second-order valence-corrected chi connectivity index (χ2v) is 4.94. The van der Waals surface area contributed by atoms with Gasteiger partial charge in [0.25, 0.3) is 0 Å². The quantitative estimate of drug-likeness (QED) is 0.867. The van der Waals surface area contributed by atoms with Crippen LogP contribution in [0.1, 0.15) is 19.4 Å². The fraction of sp³-hybridized carbons (Fsp3) is 0.294. The molecule has 0 atom stereocenters. The van der Waals surface area contributed by atoms with Gasteiger partial charge in [0.05, 0.1) is 7.11 Å². The van der Waals surface area contributed by atoms with E-state index in [0.29, 0.717) is 13.0 Å². The van der Waals surface area contributed by atoms with Crippen molar-refractivity contribution in [3.8, 4) is 5.75 Å². The number of benzene rings is 2. The minimum atomic E-state index is -0.222. The van der Waals surface area contributed by atoms with Crippen molar-refractivity contribution in [2.75, 3.05) is 13.7 Å². The molecule has 0 aliphatic heterocycles. The third kappa shape index (κ3) is 3.40. The molecule has 0 saturated heterocycles. The molecule has 4 heteroatoms. The van der Waals surface area contributed by atoms with Crippen LogP contribution in [0.15, 0.2) is 36.4 Å². The van der Waals surface area contributed by atoms with Crippen molar-refractivity contribution in [1.82, 2.24) is 4.90 Å². The lowest BCUT2D eigenvalue weighted by atomic mass is 10.0. The Morgan fingerprint density at radius 3 is 2.43 bits per heavy atom. The van der Waals surface area contributed by atoms with Gasteiger partial charge in [0, 0.05) is 20.4 Å². The van der Waals surface area contributed by atoms with Gasteiger partial charge in [-0.05, 0) is 34.9 Å². The Kier molecular flexibility index (Phi) is 4.58. The third-order valence-corrected chi connectivity index (χ3v) is 3.54. The number of ether oxygens (including phenoxy) is 1. The predicted octanol–water partition coefficient (Wildman–Crippen LogP) is 2.79. The molecule has 21 heavy (non-hydrogen) atoms. The maximum Gasteiger partial charge on any atom is 0.226 e. The van der Waals surface area contributed by atoms with Gasteiger partial charge < -0.3 is 4.74 Å². The second kappa shape index (κ2) is 6.39. The zero-order valence-corrected chi connectivity index (χ0v) is 12.6. The summed E-state index contributed by atoms with van der Waals surface area (Å²) in [5.74, 6) is 0.352. The van der Waals surface area contributed by atoms with Crippen molar-refractivity contribution in [3.05, 3.63) is 42.0 Å². The summed E-state index contributed by atoms with van der Waals surface area (Å²) in [6, 6.07) is 11.9. The van der Waals surface area contributed by atoms with Gasteiger partial charge in [-0.2, -0.15) is 0 Å². The van der Waals surface area contributed by atoms with Crippen molar-refractivity contribution in [1.29, 1.82) is 0 Å². The molecular weight excluding hydrogens is 266 g/mol. The summed E-state index contributed by atoms with van der Waals surface area (Å²) < 4.78 is 5.26. The van der Waals surface area contributed by atoms with Crippen LogP contribution in [0.2, 0.25) is 0 Å². The van der Waals surface area contributed by atoms with E-state index in [1.165, 1.54) is 18.7 Å². The fourth-order valence-electron chi connectivity index (χ4n) is 2.43. The number of carbonyl (C=O) groups excluding carboxylic acids is 2. The molecule has 2 amide bonds. The first-order chi connectivity index (χ1) is 10.0. The Hall–Kier alpha value is -2.36. The van der Waals surface area contributed by atoms with Crippen LogP contribution in [-0.4, -0.2) is 30.4 Å². The Labute approximate surface area is 124 Å². The molecule has 0 fully saturated rings. The van der Waals surface area contributed by atoms with Gasteiger partial charge in [-0.1, -0.05) is 24.3 Å². The van der Waals surface area contributed by atoms with E-state index in [4.69, 9.17) is 4.74 Å². The summed E-state index contributed by atoms with van der Waals surface area (Å²) in [6.45, 7) is 3.21. The molecule has 0 unspecified atom stereocenters. The first-order valence-electron chi connectivity index (χ1n) is 6.87. The number of rotatable bonds is 4. The van der Waals surface area contributed by atoms with Crippen LogP contribution in [0.25, 0.3) is 10.8 Å². The van der Waals surface area contributed by atoms with E-state index < -0.39 is 0 Å². The fourth-order valence-corrected chi connectivity index (χ4v) is 2.43. The highest BCUT2D eigenvalue weighted by Crippen LogP contribution is 2.24. The van der Waals surface area contributed by atoms with Gasteiger partial charge in [0.1, 0.15) is 5.75 Å². The van der Waals surface area contributed by atoms with Gasteiger partial charge >= 0.3 is 0 Å². The summed E-state index contributed by atoms with van der Waals surface area (Å²) in [6.07, 6.45) is 0.629. The summed E-state index contributed by atoms with van der Waals surface area (Å²) in [5, 5.41) is 2.20. The molecular formula is C17H19NO3. The van der Waals surface area contributed by atoms with Gasteiger partial charge in [0.2, 0.25) is 11.8 Å². The molecule has 0 aromatic heterocycles. The Bertz CT molecular complexity index is 665. The van der Waals surface area contributed by atoms with Gasteiger partial charge in [-0.3, -0.25) is 14.5 Å². The van der Waals surface area contributed by atoms with Crippen molar-refractivity contribution < 1.29 is 14.3 Å². The van der Waals surface area contributed by atoms with Crippen molar-refractivity contribution in [2.45, 2.75) is 20.3 Å². The number of amides is 2. The molecule has 0 radical (unpaired) electrons. The molecule has 2 aromatic carbocycles. The van der Waals surface area contributed by atoms with E-state index in [9.17, 15) is 9.59 Å². The minimum absolute atomic E-state index is 0.222. The maximum absolute atomic E-state index is 11.5. The highest BCUT2D eigenvalue weighted by molar-refractivity contribution is 5.93. The monoisotopic (exact) mass is 285 g/mol. The summed E-state index contributed by atoms with van der Waals surface area (Å²) in [4.78, 5) is 24.2. The first kappa shape index (κ1) is 15.0. The number of hydrogen-bond donors (Lipinski definition) is 0. The van der Waals surface area contributed by atoms with E-state index in [1.807, 2.05) is 36.4 Å². The Morgan fingerprint density at radius 1 is 1.10 bits per heavy atom. The highest BCUT2D eigenvalue weighted by atomic mass is 16.5. The summed E-state index contributed by atoms with van der Waals surface area (Å²) in [5.41, 5.74) is 1.10. The number of imide groups is 1. The summed E-state index contributed by atoms with van der Waals surface area (Å²) in [7, 11) is 1.64. The molecule has 2 rings (SSSR count). The third-order valence-electron chi connectivity index (χ3n) is 3.54. The van der Waals surface area contributed by atoms with E-state index in [1.54, 1.807) is 7.11 Å². The molecule has 4 nitrogen and oxygen atoms in total. The Morgan fingerprint density at radius 2 is 1.81 bits per heavy atom. The average Bonchev–Trinajstić information content (AvgIpc) is 2.46. The lowest BCUT2D eigenvalue weighted by Crippen LogP contribution is -2.34. The van der Waals surface area contributed by atoms with Crippen molar-refractivity contribution >= 4 is 22.6 Å². The zero-order chi connectivity index (χ0) is 15.4. The van der Waals surface area contributed by atoms with Gasteiger partial charge in [0.15, 0.2) is 0 Å². The van der Waals surface area contributed by atoms with Crippen LogP contribution < -0.4 is 4.74 Å². The van der Waals surface area contributed by atoms with Crippen LogP contribution in [0.4, 0.5) is 0 Å².